The fourth-order valence-electron chi connectivity index (χ4n) is 3.47. The molecule has 3 rings (SSSR count). The third kappa shape index (κ3) is 6.23. The van der Waals surface area contributed by atoms with Crippen LogP contribution in [0.3, 0.4) is 0 Å². The molecule has 1 aromatic rings. The van der Waals surface area contributed by atoms with Crippen LogP contribution in [0.2, 0.25) is 0 Å². The van der Waals surface area contributed by atoms with Gasteiger partial charge >= 0.3 is 0 Å². The monoisotopic (exact) mass is 507 g/mol. The molecule has 0 bridgehead atoms. The highest BCUT2D eigenvalue weighted by Gasteiger charge is 2.26. The summed E-state index contributed by atoms with van der Waals surface area (Å²) in [6.45, 7) is 5.74. The van der Waals surface area contributed by atoms with Gasteiger partial charge in [0.25, 0.3) is 0 Å². The maximum absolute atomic E-state index is 12.1. The lowest BCUT2D eigenvalue weighted by atomic mass is 9.95. The maximum Gasteiger partial charge on any atom is 0.231 e. The van der Waals surface area contributed by atoms with Gasteiger partial charge in [-0.25, -0.2) is 4.99 Å². The van der Waals surface area contributed by atoms with Crippen molar-refractivity contribution in [1.29, 1.82) is 0 Å². The Morgan fingerprint density at radius 3 is 2.85 bits per heavy atom. The standard InChI is InChI=1S/C19H29N3O3S.HI/c1-3-20-19(22-15-6-5-7-16(11-15)26(23)4-2)21-12-14-8-9-17-18(10-14)25-13-24-17;/h8-10,15-16H,3-7,11-13H2,1-2H3,(H2,20,21,22);1H. The van der Waals surface area contributed by atoms with E-state index in [1.165, 1.54) is 0 Å². The van der Waals surface area contributed by atoms with Crippen molar-refractivity contribution in [3.05, 3.63) is 23.8 Å². The highest BCUT2D eigenvalue weighted by molar-refractivity contribution is 14.0. The number of hydrogen-bond acceptors (Lipinski definition) is 4. The summed E-state index contributed by atoms with van der Waals surface area (Å²) in [5, 5.41) is 7.16. The van der Waals surface area contributed by atoms with Gasteiger partial charge in [-0.3, -0.25) is 4.21 Å². The fourth-order valence-corrected chi connectivity index (χ4v) is 4.82. The van der Waals surface area contributed by atoms with Crippen molar-refractivity contribution >= 4 is 40.7 Å². The lowest BCUT2D eigenvalue weighted by Crippen LogP contribution is -2.46. The van der Waals surface area contributed by atoms with E-state index in [-0.39, 0.29) is 30.8 Å². The second-order valence-electron chi connectivity index (χ2n) is 6.68. The van der Waals surface area contributed by atoms with E-state index in [0.717, 1.165) is 61.0 Å². The fraction of sp³-hybridized carbons (Fsp3) is 0.632. The Hall–Kier alpha value is -1.03. The Bertz CT molecular complexity index is 672. The molecule has 0 aromatic heterocycles. The summed E-state index contributed by atoms with van der Waals surface area (Å²) in [7, 11) is -0.712. The molecule has 0 spiro atoms. The van der Waals surface area contributed by atoms with Gasteiger partial charge in [-0.2, -0.15) is 0 Å². The predicted molar refractivity (Wildman–Crippen MR) is 121 cm³/mol. The highest BCUT2D eigenvalue weighted by atomic mass is 127. The molecule has 0 amide bonds. The molecule has 3 atom stereocenters. The van der Waals surface area contributed by atoms with Gasteiger partial charge in [-0.1, -0.05) is 19.4 Å². The highest BCUT2D eigenvalue weighted by Crippen LogP contribution is 2.32. The zero-order valence-electron chi connectivity index (χ0n) is 16.0. The van der Waals surface area contributed by atoms with E-state index in [1.807, 2.05) is 25.1 Å². The minimum Gasteiger partial charge on any atom is -0.454 e. The van der Waals surface area contributed by atoms with Gasteiger partial charge in [0.1, 0.15) is 0 Å². The summed E-state index contributed by atoms with van der Waals surface area (Å²) >= 11 is 0. The lowest BCUT2D eigenvalue weighted by molar-refractivity contribution is 0.174. The number of hydrogen-bond donors (Lipinski definition) is 2. The molecule has 1 fully saturated rings. The van der Waals surface area contributed by atoms with Crippen LogP contribution >= 0.6 is 24.0 Å². The van der Waals surface area contributed by atoms with Crippen molar-refractivity contribution in [3.8, 4) is 11.5 Å². The lowest BCUT2D eigenvalue weighted by Gasteiger charge is -2.30. The molecular formula is C19H30IN3O3S. The minimum atomic E-state index is -0.712. The Morgan fingerprint density at radius 2 is 2.07 bits per heavy atom. The molecule has 6 nitrogen and oxygen atoms in total. The molecule has 1 aliphatic heterocycles. The molecule has 0 saturated heterocycles. The van der Waals surface area contributed by atoms with Crippen LogP contribution in [-0.2, 0) is 17.3 Å². The average molecular weight is 507 g/mol. The van der Waals surface area contributed by atoms with Crippen LogP contribution in [0, 0.1) is 0 Å². The second-order valence-corrected chi connectivity index (χ2v) is 8.69. The molecule has 1 heterocycles. The molecular weight excluding hydrogens is 477 g/mol. The first-order chi connectivity index (χ1) is 12.7. The molecule has 0 radical (unpaired) electrons. The van der Waals surface area contributed by atoms with Crippen LogP contribution in [-0.4, -0.2) is 40.6 Å². The van der Waals surface area contributed by atoms with Gasteiger partial charge < -0.3 is 20.1 Å². The summed E-state index contributed by atoms with van der Waals surface area (Å²) in [6, 6.07) is 6.26. The number of nitrogens with one attached hydrogen (secondary N) is 2. The average Bonchev–Trinajstić information content (AvgIpc) is 3.13. The number of rotatable bonds is 6. The molecule has 3 unspecified atom stereocenters. The SMILES string of the molecule is CCNC(=NCc1ccc2c(c1)OCO2)NC1CCCC(S(=O)CC)C1.I. The largest absolute Gasteiger partial charge is 0.454 e. The Balaban J connectivity index is 0.00000261. The van der Waals surface area contributed by atoms with E-state index in [1.54, 1.807) is 0 Å². The predicted octanol–water partition coefficient (Wildman–Crippen LogP) is 3.17. The summed E-state index contributed by atoms with van der Waals surface area (Å²) < 4.78 is 22.9. The van der Waals surface area contributed by atoms with E-state index in [9.17, 15) is 4.21 Å². The van der Waals surface area contributed by atoms with Crippen LogP contribution in [0.1, 0.15) is 45.1 Å². The Morgan fingerprint density at radius 1 is 1.26 bits per heavy atom. The van der Waals surface area contributed by atoms with Crippen molar-refractivity contribution in [2.45, 2.75) is 57.4 Å². The van der Waals surface area contributed by atoms with E-state index in [0.29, 0.717) is 17.8 Å². The zero-order valence-corrected chi connectivity index (χ0v) is 19.2. The number of halogens is 1. The Labute approximate surface area is 181 Å². The molecule has 8 heteroatoms. The van der Waals surface area contributed by atoms with Crippen LogP contribution < -0.4 is 20.1 Å². The minimum absolute atomic E-state index is 0. The van der Waals surface area contributed by atoms with Gasteiger partial charge in [-0.15, -0.1) is 24.0 Å². The van der Waals surface area contributed by atoms with Gasteiger partial charge in [-0.05, 0) is 43.9 Å². The zero-order chi connectivity index (χ0) is 18.4. The van der Waals surface area contributed by atoms with E-state index < -0.39 is 10.8 Å². The second kappa shape index (κ2) is 11.1. The topological polar surface area (TPSA) is 72.0 Å². The molecule has 1 aromatic carbocycles. The number of nitrogens with zero attached hydrogens (tertiary/aromatic N) is 1. The van der Waals surface area contributed by atoms with Crippen molar-refractivity contribution < 1.29 is 13.7 Å². The van der Waals surface area contributed by atoms with Crippen molar-refractivity contribution in [2.24, 2.45) is 4.99 Å². The summed E-state index contributed by atoms with van der Waals surface area (Å²) in [5.74, 6) is 3.14. The third-order valence-electron chi connectivity index (χ3n) is 4.82. The third-order valence-corrected chi connectivity index (χ3v) is 6.56. The summed E-state index contributed by atoms with van der Waals surface area (Å²) in [4.78, 5) is 4.72. The first kappa shape index (κ1) is 22.3. The first-order valence-corrected chi connectivity index (χ1v) is 10.9. The number of fused-ring (bicyclic) bond motifs is 1. The number of aliphatic imine (C=N–C) groups is 1. The van der Waals surface area contributed by atoms with Gasteiger partial charge in [0, 0.05) is 34.4 Å². The van der Waals surface area contributed by atoms with Gasteiger partial charge in [0.2, 0.25) is 6.79 Å². The molecule has 1 saturated carbocycles. The molecule has 1 aliphatic carbocycles. The number of ether oxygens (including phenoxy) is 2. The van der Waals surface area contributed by atoms with Crippen LogP contribution in [0.4, 0.5) is 0 Å². The molecule has 2 aliphatic rings. The van der Waals surface area contributed by atoms with Gasteiger partial charge in [0.05, 0.1) is 6.54 Å². The molecule has 152 valence electrons. The number of benzene rings is 1. The summed E-state index contributed by atoms with van der Waals surface area (Å²) in [5.41, 5.74) is 1.08. The smallest absolute Gasteiger partial charge is 0.231 e. The molecule has 2 N–H and O–H groups in total. The normalized spacial score (nSPS) is 22.7. The molecule has 27 heavy (non-hydrogen) atoms. The van der Waals surface area contributed by atoms with Gasteiger partial charge in [0.15, 0.2) is 17.5 Å². The summed E-state index contributed by atoms with van der Waals surface area (Å²) in [6.07, 6.45) is 4.25. The van der Waals surface area contributed by atoms with E-state index >= 15 is 0 Å². The Kier molecular flexibility index (Phi) is 9.14. The van der Waals surface area contributed by atoms with Crippen molar-refractivity contribution in [3.63, 3.8) is 0 Å². The van der Waals surface area contributed by atoms with Crippen LogP contribution in [0.25, 0.3) is 0 Å². The van der Waals surface area contributed by atoms with E-state index in [4.69, 9.17) is 14.5 Å². The van der Waals surface area contributed by atoms with Crippen molar-refractivity contribution in [1.82, 2.24) is 10.6 Å². The van der Waals surface area contributed by atoms with Crippen LogP contribution in [0.15, 0.2) is 23.2 Å². The first-order valence-electron chi connectivity index (χ1n) is 9.50. The number of guanidine groups is 1. The van der Waals surface area contributed by atoms with E-state index in [2.05, 4.69) is 17.6 Å². The maximum atomic E-state index is 12.1. The quantitative estimate of drug-likeness (QED) is 0.352. The van der Waals surface area contributed by atoms with Crippen LogP contribution in [0.5, 0.6) is 11.5 Å². The van der Waals surface area contributed by atoms with Crippen molar-refractivity contribution in [2.75, 3.05) is 19.1 Å².